The lowest BCUT2D eigenvalue weighted by atomic mass is 10.1. The van der Waals surface area contributed by atoms with Gasteiger partial charge in [0.05, 0.1) is 6.10 Å². The molecule has 0 heterocycles. The van der Waals surface area contributed by atoms with Gasteiger partial charge in [-0.2, -0.15) is 0 Å². The van der Waals surface area contributed by atoms with Crippen molar-refractivity contribution in [1.82, 2.24) is 0 Å². The van der Waals surface area contributed by atoms with Gasteiger partial charge in [0.2, 0.25) is 0 Å². The number of halogens is 3. The largest absolute Gasteiger partial charge is 0.392 e. The monoisotopic (exact) mass is 252 g/mol. The average molecular weight is 254 g/mol. The predicted octanol–water partition coefficient (Wildman–Crippen LogP) is 3.53. The molecular formula is C10H11Cl3O. The van der Waals surface area contributed by atoms with Crippen molar-refractivity contribution < 1.29 is 5.11 Å². The van der Waals surface area contributed by atoms with Crippen LogP contribution in [0.4, 0.5) is 0 Å². The Hall–Kier alpha value is 0.0500. The summed E-state index contributed by atoms with van der Waals surface area (Å²) in [5, 5.41) is 10.5. The van der Waals surface area contributed by atoms with Gasteiger partial charge in [-0.1, -0.05) is 29.3 Å². The first-order valence-corrected chi connectivity index (χ1v) is 5.60. The minimum absolute atomic E-state index is 0.255. The number of alkyl halides is 1. The number of hydrogen-bond donors (Lipinski definition) is 1. The van der Waals surface area contributed by atoms with E-state index in [2.05, 4.69) is 0 Å². The molecule has 1 aromatic carbocycles. The fourth-order valence-electron chi connectivity index (χ4n) is 1.12. The van der Waals surface area contributed by atoms with Crippen molar-refractivity contribution in [3.05, 3.63) is 33.8 Å². The molecule has 0 saturated heterocycles. The van der Waals surface area contributed by atoms with Crippen LogP contribution in [0.15, 0.2) is 18.2 Å². The van der Waals surface area contributed by atoms with Gasteiger partial charge < -0.3 is 5.11 Å². The lowest BCUT2D eigenvalue weighted by molar-refractivity contribution is 0.188. The SMILES string of the molecule is OC(CCl)CCc1ccc(Cl)cc1Cl. The van der Waals surface area contributed by atoms with E-state index in [0.29, 0.717) is 22.9 Å². The van der Waals surface area contributed by atoms with Gasteiger partial charge in [0.25, 0.3) is 0 Å². The molecule has 1 atom stereocenters. The van der Waals surface area contributed by atoms with Crippen molar-refractivity contribution in [2.75, 3.05) is 5.88 Å². The van der Waals surface area contributed by atoms with Crippen LogP contribution < -0.4 is 0 Å². The third-order valence-corrected chi connectivity index (χ3v) is 2.88. The zero-order valence-electron chi connectivity index (χ0n) is 7.51. The average Bonchev–Trinajstić information content (AvgIpc) is 2.16. The lowest BCUT2D eigenvalue weighted by Crippen LogP contribution is -2.09. The maximum Gasteiger partial charge on any atom is 0.0678 e. The van der Waals surface area contributed by atoms with Crippen molar-refractivity contribution in [3.8, 4) is 0 Å². The minimum Gasteiger partial charge on any atom is -0.392 e. The van der Waals surface area contributed by atoms with E-state index in [9.17, 15) is 5.11 Å². The lowest BCUT2D eigenvalue weighted by Gasteiger charge is -2.07. The van der Waals surface area contributed by atoms with E-state index in [-0.39, 0.29) is 5.88 Å². The number of benzene rings is 1. The normalized spacial score (nSPS) is 12.9. The molecule has 1 unspecified atom stereocenters. The van der Waals surface area contributed by atoms with E-state index >= 15 is 0 Å². The third kappa shape index (κ3) is 3.66. The summed E-state index contributed by atoms with van der Waals surface area (Å²) in [6, 6.07) is 5.35. The third-order valence-electron chi connectivity index (χ3n) is 1.94. The van der Waals surface area contributed by atoms with E-state index in [1.807, 2.05) is 6.07 Å². The first kappa shape index (κ1) is 12.1. The van der Waals surface area contributed by atoms with Crippen molar-refractivity contribution in [1.29, 1.82) is 0 Å². The van der Waals surface area contributed by atoms with Crippen LogP contribution in [-0.4, -0.2) is 17.1 Å². The second-order valence-corrected chi connectivity index (χ2v) is 4.23. The number of rotatable bonds is 4. The van der Waals surface area contributed by atoms with E-state index < -0.39 is 6.10 Å². The van der Waals surface area contributed by atoms with Crippen LogP contribution in [0.5, 0.6) is 0 Å². The molecule has 0 spiro atoms. The highest BCUT2D eigenvalue weighted by molar-refractivity contribution is 6.35. The second kappa shape index (κ2) is 5.82. The maximum absolute atomic E-state index is 9.26. The summed E-state index contributed by atoms with van der Waals surface area (Å²) in [5.74, 6) is 0.255. The standard InChI is InChI=1S/C10H11Cl3O/c11-6-9(14)4-2-7-1-3-8(12)5-10(7)13/h1,3,5,9,14H,2,4,6H2. The number of aryl methyl sites for hydroxylation is 1. The molecule has 1 aromatic rings. The fraction of sp³-hybridized carbons (Fsp3) is 0.400. The zero-order chi connectivity index (χ0) is 10.6. The Morgan fingerprint density at radius 2 is 2.00 bits per heavy atom. The Morgan fingerprint density at radius 3 is 2.57 bits per heavy atom. The maximum atomic E-state index is 9.26. The molecule has 1 rings (SSSR count). The van der Waals surface area contributed by atoms with E-state index in [0.717, 1.165) is 5.56 Å². The van der Waals surface area contributed by atoms with Gasteiger partial charge in [0.15, 0.2) is 0 Å². The smallest absolute Gasteiger partial charge is 0.0678 e. The summed E-state index contributed by atoms with van der Waals surface area (Å²) in [6.07, 6.45) is 0.859. The van der Waals surface area contributed by atoms with Gasteiger partial charge in [-0.3, -0.25) is 0 Å². The van der Waals surface area contributed by atoms with Crippen LogP contribution in [0.25, 0.3) is 0 Å². The Bertz CT molecular complexity index is 301. The van der Waals surface area contributed by atoms with Crippen molar-refractivity contribution >= 4 is 34.8 Å². The molecule has 0 radical (unpaired) electrons. The summed E-state index contributed by atoms with van der Waals surface area (Å²) < 4.78 is 0. The van der Waals surface area contributed by atoms with Gasteiger partial charge in [-0.25, -0.2) is 0 Å². The Morgan fingerprint density at radius 1 is 1.29 bits per heavy atom. The predicted molar refractivity (Wildman–Crippen MR) is 61.5 cm³/mol. The van der Waals surface area contributed by atoms with Gasteiger partial charge >= 0.3 is 0 Å². The molecule has 0 aliphatic rings. The molecule has 1 nitrogen and oxygen atoms in total. The number of aliphatic hydroxyl groups is 1. The molecule has 0 fully saturated rings. The van der Waals surface area contributed by atoms with Crippen molar-refractivity contribution in [2.45, 2.75) is 18.9 Å². The molecule has 0 aliphatic carbocycles. The molecule has 0 aromatic heterocycles. The summed E-state index contributed by atoms with van der Waals surface area (Å²) >= 11 is 17.2. The van der Waals surface area contributed by atoms with Crippen LogP contribution in [0.3, 0.4) is 0 Å². The highest BCUT2D eigenvalue weighted by Crippen LogP contribution is 2.22. The fourth-order valence-corrected chi connectivity index (χ4v) is 1.78. The van der Waals surface area contributed by atoms with Gasteiger partial charge in [0, 0.05) is 15.9 Å². The molecule has 4 heteroatoms. The number of hydrogen-bond acceptors (Lipinski definition) is 1. The molecule has 1 N–H and O–H groups in total. The van der Waals surface area contributed by atoms with Crippen LogP contribution >= 0.6 is 34.8 Å². The minimum atomic E-state index is -0.469. The molecule has 14 heavy (non-hydrogen) atoms. The number of aliphatic hydroxyl groups excluding tert-OH is 1. The Labute approximate surface area is 98.6 Å². The van der Waals surface area contributed by atoms with Gasteiger partial charge in [-0.15, -0.1) is 11.6 Å². The quantitative estimate of drug-likeness (QED) is 0.814. The summed E-state index contributed by atoms with van der Waals surface area (Å²) in [5.41, 5.74) is 0.986. The Balaban J connectivity index is 2.59. The molecule has 0 amide bonds. The van der Waals surface area contributed by atoms with E-state index in [1.54, 1.807) is 12.1 Å². The summed E-state index contributed by atoms with van der Waals surface area (Å²) in [4.78, 5) is 0. The molecule has 0 aliphatic heterocycles. The second-order valence-electron chi connectivity index (χ2n) is 3.08. The molecule has 0 bridgehead atoms. The Kier molecular flexibility index (Phi) is 5.04. The van der Waals surface area contributed by atoms with Crippen LogP contribution in [-0.2, 0) is 6.42 Å². The van der Waals surface area contributed by atoms with Crippen LogP contribution in [0, 0.1) is 0 Å². The first-order valence-electron chi connectivity index (χ1n) is 4.31. The van der Waals surface area contributed by atoms with Gasteiger partial charge in [-0.05, 0) is 30.5 Å². The van der Waals surface area contributed by atoms with Crippen molar-refractivity contribution in [2.24, 2.45) is 0 Å². The van der Waals surface area contributed by atoms with Crippen LogP contribution in [0.1, 0.15) is 12.0 Å². The molecular weight excluding hydrogens is 242 g/mol. The summed E-state index contributed by atoms with van der Waals surface area (Å²) in [6.45, 7) is 0. The van der Waals surface area contributed by atoms with Crippen LogP contribution in [0.2, 0.25) is 10.0 Å². The highest BCUT2D eigenvalue weighted by Gasteiger charge is 2.05. The highest BCUT2D eigenvalue weighted by atomic mass is 35.5. The first-order chi connectivity index (χ1) is 6.63. The topological polar surface area (TPSA) is 20.2 Å². The van der Waals surface area contributed by atoms with Crippen molar-refractivity contribution in [3.63, 3.8) is 0 Å². The molecule has 0 saturated carbocycles. The van der Waals surface area contributed by atoms with Gasteiger partial charge in [0.1, 0.15) is 0 Å². The van der Waals surface area contributed by atoms with E-state index in [4.69, 9.17) is 34.8 Å². The van der Waals surface area contributed by atoms with E-state index in [1.165, 1.54) is 0 Å². The summed E-state index contributed by atoms with van der Waals surface area (Å²) in [7, 11) is 0. The zero-order valence-corrected chi connectivity index (χ0v) is 9.78. The molecule has 78 valence electrons.